The summed E-state index contributed by atoms with van der Waals surface area (Å²) in [7, 11) is -9.28. The third-order valence-corrected chi connectivity index (χ3v) is 8.73. The molecule has 1 saturated heterocycles. The Morgan fingerprint density at radius 2 is 1.88 bits per heavy atom. The molecule has 1 aromatic heterocycles. The first kappa shape index (κ1) is 24.9. The van der Waals surface area contributed by atoms with Crippen LogP contribution in [0.25, 0.3) is 10.9 Å². The molecular weight excluding hydrogens is 487 g/mol. The highest BCUT2D eigenvalue weighted by molar-refractivity contribution is 7.70. The number of rotatable bonds is 9. The highest BCUT2D eigenvalue weighted by atomic mass is 31.2. The van der Waals surface area contributed by atoms with Crippen LogP contribution in [0.3, 0.4) is 0 Å². The van der Waals surface area contributed by atoms with Crippen molar-refractivity contribution in [2.24, 2.45) is 0 Å². The van der Waals surface area contributed by atoms with Crippen LogP contribution in [0.5, 0.6) is 0 Å². The molecule has 13 heteroatoms. The fourth-order valence-electron chi connectivity index (χ4n) is 3.76. The van der Waals surface area contributed by atoms with Crippen LogP contribution in [0, 0.1) is 0 Å². The molecule has 3 aromatic rings. The van der Waals surface area contributed by atoms with E-state index < -0.39 is 46.1 Å². The average molecular weight is 511 g/mol. The highest BCUT2D eigenvalue weighted by Gasteiger charge is 2.39. The summed E-state index contributed by atoms with van der Waals surface area (Å²) >= 11 is 0. The van der Waals surface area contributed by atoms with Gasteiger partial charge in [0.2, 0.25) is 0 Å². The Morgan fingerprint density at radius 3 is 2.62 bits per heavy atom. The van der Waals surface area contributed by atoms with Crippen LogP contribution in [-0.2, 0) is 24.9 Å². The van der Waals surface area contributed by atoms with Gasteiger partial charge in [-0.15, -0.1) is 0 Å². The third-order valence-electron chi connectivity index (χ3n) is 5.27. The average Bonchev–Trinajstić information content (AvgIpc) is 3.15. The maximum Gasteiger partial charge on any atom is 0.340 e. The summed E-state index contributed by atoms with van der Waals surface area (Å²) in [6.45, 7) is 0.111. The van der Waals surface area contributed by atoms with E-state index in [2.05, 4.69) is 15.3 Å². The van der Waals surface area contributed by atoms with E-state index >= 15 is 0 Å². The second-order valence-electron chi connectivity index (χ2n) is 8.01. The number of halogens is 1. The minimum atomic E-state index is -4.74. The smallest absolute Gasteiger partial charge is 0.340 e. The van der Waals surface area contributed by atoms with Gasteiger partial charge in [-0.2, -0.15) is 0 Å². The van der Waals surface area contributed by atoms with Crippen LogP contribution in [0.15, 0.2) is 54.9 Å². The molecule has 4 atom stereocenters. The number of hydrogen-bond acceptors (Lipinski definition) is 7. The van der Waals surface area contributed by atoms with Crippen molar-refractivity contribution >= 4 is 31.9 Å². The van der Waals surface area contributed by atoms with E-state index in [1.807, 2.05) is 30.3 Å². The number of aromatic nitrogens is 2. The van der Waals surface area contributed by atoms with E-state index in [-0.39, 0.29) is 6.42 Å². The van der Waals surface area contributed by atoms with Gasteiger partial charge in [-0.25, -0.2) is 14.4 Å². The number of anilines is 1. The lowest BCUT2D eigenvalue weighted by molar-refractivity contribution is 0.00429. The van der Waals surface area contributed by atoms with Crippen molar-refractivity contribution in [3.63, 3.8) is 0 Å². The molecule has 0 amide bonds. The zero-order valence-corrected chi connectivity index (χ0v) is 19.7. The van der Waals surface area contributed by atoms with Crippen LogP contribution in [0.1, 0.15) is 23.7 Å². The van der Waals surface area contributed by atoms with Crippen LogP contribution >= 0.6 is 15.2 Å². The maximum atomic E-state index is 14.7. The van der Waals surface area contributed by atoms with Gasteiger partial charge >= 0.3 is 15.2 Å². The van der Waals surface area contributed by atoms with Gasteiger partial charge < -0.3 is 29.3 Å². The largest absolute Gasteiger partial charge is 0.365 e. The van der Waals surface area contributed by atoms with Crippen molar-refractivity contribution < 1.29 is 37.5 Å². The van der Waals surface area contributed by atoms with Gasteiger partial charge in [0, 0.05) is 18.4 Å². The van der Waals surface area contributed by atoms with Crippen molar-refractivity contribution in [1.82, 2.24) is 9.97 Å². The topological polar surface area (TPSA) is 151 Å². The van der Waals surface area contributed by atoms with Crippen molar-refractivity contribution in [2.75, 3.05) is 17.8 Å². The number of nitrogens with one attached hydrogen (secondary N) is 1. The summed E-state index contributed by atoms with van der Waals surface area (Å²) in [5.74, 6) is -0.667. The van der Waals surface area contributed by atoms with Crippen LogP contribution < -0.4 is 5.32 Å². The van der Waals surface area contributed by atoms with E-state index in [4.69, 9.17) is 19.0 Å². The molecule has 34 heavy (non-hydrogen) atoms. The quantitative estimate of drug-likeness (QED) is 0.313. The van der Waals surface area contributed by atoms with Gasteiger partial charge in [-0.05, 0) is 23.3 Å². The lowest BCUT2D eigenvalue weighted by Gasteiger charge is -2.17. The Hall–Kier alpha value is -2.23. The second kappa shape index (κ2) is 10.2. The maximum absolute atomic E-state index is 14.7. The first-order valence-corrected chi connectivity index (χ1v) is 14.0. The summed E-state index contributed by atoms with van der Waals surface area (Å²) in [6, 6.07) is 15.0. The molecule has 1 aliphatic heterocycles. The first-order valence-electron chi connectivity index (χ1n) is 10.4. The SMILES string of the molecule is O=P(O)(O)CP(=O)(O)OC[C@@H]1C[C@H](F)[C@H](c2ccc3c(NCc4ccccc4)ncnc3c2)O1. The standard InChI is InChI=1S/C21H24FN3O7P2/c22-18-9-16(11-31-34(29,30)13-33(26,27)28)32-20(18)15-6-7-17-19(8-15)24-12-25-21(17)23-10-14-4-2-1-3-5-14/h1-8,12,16,18,20H,9-11,13H2,(H,29,30)(H,23,24,25)(H2,26,27,28)/t16-,18-,20-/m0/s1. The third kappa shape index (κ3) is 6.46. The van der Waals surface area contributed by atoms with E-state index in [0.717, 1.165) is 10.9 Å². The zero-order chi connectivity index (χ0) is 24.3. The molecule has 10 nitrogen and oxygen atoms in total. The predicted molar refractivity (Wildman–Crippen MR) is 123 cm³/mol. The number of hydrogen-bond donors (Lipinski definition) is 4. The van der Waals surface area contributed by atoms with E-state index in [0.29, 0.717) is 23.4 Å². The fraction of sp³-hybridized carbons (Fsp3) is 0.333. The van der Waals surface area contributed by atoms with Crippen LogP contribution in [-0.4, -0.2) is 49.4 Å². The summed E-state index contributed by atoms with van der Waals surface area (Å²) in [5, 5.41) is 4.04. The minimum Gasteiger partial charge on any atom is -0.365 e. The molecule has 1 aliphatic rings. The Bertz CT molecular complexity index is 1240. The van der Waals surface area contributed by atoms with Gasteiger partial charge in [0.1, 0.15) is 24.4 Å². The van der Waals surface area contributed by atoms with Gasteiger partial charge in [0.05, 0.1) is 18.2 Å². The van der Waals surface area contributed by atoms with Crippen molar-refractivity contribution in [2.45, 2.75) is 31.3 Å². The zero-order valence-electron chi connectivity index (χ0n) is 17.9. The lowest BCUT2D eigenvalue weighted by atomic mass is 10.0. The summed E-state index contributed by atoms with van der Waals surface area (Å²) in [6.07, 6.45) is -1.86. The van der Waals surface area contributed by atoms with E-state index in [9.17, 15) is 18.4 Å². The molecule has 0 radical (unpaired) electrons. The minimum absolute atomic E-state index is 0.0910. The van der Waals surface area contributed by atoms with E-state index in [1.165, 1.54) is 6.33 Å². The van der Waals surface area contributed by atoms with Crippen LogP contribution in [0.2, 0.25) is 0 Å². The highest BCUT2D eigenvalue weighted by Crippen LogP contribution is 2.55. The fourth-order valence-corrected chi connectivity index (χ4v) is 6.35. The summed E-state index contributed by atoms with van der Waals surface area (Å²) < 4.78 is 47.9. The molecule has 1 fully saturated rings. The summed E-state index contributed by atoms with van der Waals surface area (Å²) in [4.78, 5) is 35.9. The molecule has 0 saturated carbocycles. The first-order chi connectivity index (χ1) is 16.1. The molecule has 4 N–H and O–H groups in total. The van der Waals surface area contributed by atoms with Gasteiger partial charge in [-0.3, -0.25) is 9.13 Å². The van der Waals surface area contributed by atoms with E-state index in [1.54, 1.807) is 18.2 Å². The van der Waals surface area contributed by atoms with Gasteiger partial charge in [0.15, 0.2) is 5.90 Å². The monoisotopic (exact) mass is 511 g/mol. The molecule has 4 rings (SSSR count). The number of ether oxygens (including phenoxy) is 1. The molecule has 182 valence electrons. The predicted octanol–water partition coefficient (Wildman–Crippen LogP) is 3.75. The Kier molecular flexibility index (Phi) is 7.45. The Morgan fingerprint density at radius 1 is 1.12 bits per heavy atom. The second-order valence-corrected chi connectivity index (χ2v) is 12.0. The number of fused-ring (bicyclic) bond motifs is 1. The molecular formula is C21H24FN3O7P2. The molecule has 0 bridgehead atoms. The number of nitrogens with zero attached hydrogens (tertiary/aromatic N) is 2. The van der Waals surface area contributed by atoms with Crippen LogP contribution in [0.4, 0.5) is 10.2 Å². The molecule has 0 aliphatic carbocycles. The molecule has 2 aromatic carbocycles. The Balaban J connectivity index is 1.43. The number of benzene rings is 2. The lowest BCUT2D eigenvalue weighted by Crippen LogP contribution is -2.14. The molecule has 1 unspecified atom stereocenters. The van der Waals surface area contributed by atoms with Gasteiger partial charge in [0.25, 0.3) is 0 Å². The van der Waals surface area contributed by atoms with Crippen molar-refractivity contribution in [3.8, 4) is 0 Å². The van der Waals surface area contributed by atoms with Gasteiger partial charge in [-0.1, -0.05) is 36.4 Å². The van der Waals surface area contributed by atoms with Crippen molar-refractivity contribution in [3.05, 3.63) is 66.0 Å². The molecule has 0 spiro atoms. The summed E-state index contributed by atoms with van der Waals surface area (Å²) in [5.41, 5.74) is 2.23. The van der Waals surface area contributed by atoms with Crippen molar-refractivity contribution in [1.29, 1.82) is 0 Å². The normalized spacial score (nSPS) is 22.5. The Labute approximate surface area is 194 Å². The molecule has 2 heterocycles. The number of alkyl halides is 1.